The number of aryl methyl sites for hydroxylation is 1. The Kier molecular flexibility index (Phi) is 5.88. The molecule has 1 aromatic carbocycles. The second-order valence-electron chi connectivity index (χ2n) is 4.50. The molecule has 0 saturated carbocycles. The molecule has 2 rings (SSSR count). The van der Waals surface area contributed by atoms with E-state index in [4.69, 9.17) is 28.9 Å². The van der Waals surface area contributed by atoms with Crippen LogP contribution in [0.5, 0.6) is 0 Å². The molecule has 0 atom stereocenters. The lowest BCUT2D eigenvalue weighted by Gasteiger charge is -2.14. The summed E-state index contributed by atoms with van der Waals surface area (Å²) in [5, 5.41) is 10.7. The lowest BCUT2D eigenvalue weighted by molar-refractivity contribution is 0.782. The number of halogens is 2. The molecule has 1 heterocycles. The third kappa shape index (κ3) is 3.69. The van der Waals surface area contributed by atoms with Gasteiger partial charge in [-0.1, -0.05) is 48.8 Å². The van der Waals surface area contributed by atoms with Gasteiger partial charge in [0.25, 0.3) is 0 Å². The first-order chi connectivity index (χ1) is 10.1. The SMILES string of the molecule is CCc1nnc(Sc2cc(Cl)ccc2Cl)c(CN)c1CC. The van der Waals surface area contributed by atoms with Crippen molar-refractivity contribution in [3.05, 3.63) is 45.1 Å². The Hall–Kier alpha value is -0.810. The molecular weight excluding hydrogens is 325 g/mol. The van der Waals surface area contributed by atoms with Crippen LogP contribution in [0.25, 0.3) is 0 Å². The molecule has 0 spiro atoms. The summed E-state index contributed by atoms with van der Waals surface area (Å²) in [6.45, 7) is 4.62. The summed E-state index contributed by atoms with van der Waals surface area (Å²) in [4.78, 5) is 0.861. The summed E-state index contributed by atoms with van der Waals surface area (Å²) in [5.41, 5.74) is 9.18. The molecule has 0 radical (unpaired) electrons. The minimum Gasteiger partial charge on any atom is -0.326 e. The van der Waals surface area contributed by atoms with Gasteiger partial charge >= 0.3 is 0 Å². The molecule has 21 heavy (non-hydrogen) atoms. The minimum atomic E-state index is 0.437. The van der Waals surface area contributed by atoms with E-state index in [1.165, 1.54) is 17.3 Å². The number of hydrogen-bond acceptors (Lipinski definition) is 4. The predicted octanol–water partition coefficient (Wildman–Crippen LogP) is 4.52. The number of benzene rings is 1. The second kappa shape index (κ2) is 7.45. The molecule has 0 aliphatic carbocycles. The molecule has 6 heteroatoms. The molecule has 2 N–H and O–H groups in total. The Morgan fingerprint density at radius 2 is 1.86 bits per heavy atom. The smallest absolute Gasteiger partial charge is 0.128 e. The third-order valence-corrected chi connectivity index (χ3v) is 4.98. The Bertz CT molecular complexity index is 647. The van der Waals surface area contributed by atoms with Crippen LogP contribution in [0.3, 0.4) is 0 Å². The van der Waals surface area contributed by atoms with Crippen molar-refractivity contribution < 1.29 is 0 Å². The van der Waals surface area contributed by atoms with Crippen LogP contribution >= 0.6 is 35.0 Å². The Balaban J connectivity index is 2.47. The fourth-order valence-electron chi connectivity index (χ4n) is 2.18. The largest absolute Gasteiger partial charge is 0.326 e. The van der Waals surface area contributed by atoms with Crippen LogP contribution in [-0.2, 0) is 19.4 Å². The maximum atomic E-state index is 6.21. The van der Waals surface area contributed by atoms with Gasteiger partial charge in [-0.3, -0.25) is 0 Å². The molecule has 0 aliphatic rings. The highest BCUT2D eigenvalue weighted by atomic mass is 35.5. The van der Waals surface area contributed by atoms with E-state index < -0.39 is 0 Å². The van der Waals surface area contributed by atoms with Gasteiger partial charge < -0.3 is 5.73 Å². The standard InChI is InChI=1S/C15H17Cl2N3S/c1-3-10-11(8-18)15(20-19-13(10)4-2)21-14-7-9(16)5-6-12(14)17/h5-7H,3-4,8,18H2,1-2H3. The Labute approximate surface area is 139 Å². The van der Waals surface area contributed by atoms with Crippen molar-refractivity contribution in [2.24, 2.45) is 5.73 Å². The highest BCUT2D eigenvalue weighted by Crippen LogP contribution is 2.36. The van der Waals surface area contributed by atoms with Gasteiger partial charge in [0.2, 0.25) is 0 Å². The number of aromatic nitrogens is 2. The van der Waals surface area contributed by atoms with Crippen LogP contribution < -0.4 is 5.73 Å². The van der Waals surface area contributed by atoms with E-state index in [1.807, 2.05) is 6.07 Å². The van der Waals surface area contributed by atoms with Crippen molar-refractivity contribution in [2.75, 3.05) is 0 Å². The van der Waals surface area contributed by atoms with Crippen LogP contribution in [0.4, 0.5) is 0 Å². The lowest BCUT2D eigenvalue weighted by Crippen LogP contribution is -2.10. The lowest BCUT2D eigenvalue weighted by atomic mass is 10.0. The van der Waals surface area contributed by atoms with Crippen LogP contribution in [0.2, 0.25) is 10.0 Å². The maximum absolute atomic E-state index is 6.21. The average molecular weight is 342 g/mol. The van der Waals surface area contributed by atoms with E-state index in [1.54, 1.807) is 12.1 Å². The Morgan fingerprint density at radius 3 is 2.48 bits per heavy atom. The van der Waals surface area contributed by atoms with E-state index in [-0.39, 0.29) is 0 Å². The molecule has 0 amide bonds. The fourth-order valence-corrected chi connectivity index (χ4v) is 3.62. The summed E-state index contributed by atoms with van der Waals surface area (Å²) in [6.07, 6.45) is 1.74. The predicted molar refractivity (Wildman–Crippen MR) is 89.3 cm³/mol. The molecule has 2 aromatic rings. The van der Waals surface area contributed by atoms with Crippen LogP contribution in [-0.4, -0.2) is 10.2 Å². The van der Waals surface area contributed by atoms with Crippen molar-refractivity contribution in [1.29, 1.82) is 0 Å². The van der Waals surface area contributed by atoms with Gasteiger partial charge in [-0.15, -0.1) is 5.10 Å². The molecule has 1 aromatic heterocycles. The van der Waals surface area contributed by atoms with Crippen molar-refractivity contribution >= 4 is 35.0 Å². The second-order valence-corrected chi connectivity index (χ2v) is 6.37. The summed E-state index contributed by atoms with van der Waals surface area (Å²) in [7, 11) is 0. The topological polar surface area (TPSA) is 51.8 Å². The van der Waals surface area contributed by atoms with Gasteiger partial charge in [0.15, 0.2) is 0 Å². The monoisotopic (exact) mass is 341 g/mol. The molecule has 0 saturated heterocycles. The zero-order valence-corrected chi connectivity index (χ0v) is 14.3. The van der Waals surface area contributed by atoms with E-state index in [0.29, 0.717) is 16.6 Å². The van der Waals surface area contributed by atoms with E-state index in [2.05, 4.69) is 24.0 Å². The van der Waals surface area contributed by atoms with Crippen molar-refractivity contribution in [3.63, 3.8) is 0 Å². The molecule has 0 bridgehead atoms. The highest BCUT2D eigenvalue weighted by molar-refractivity contribution is 7.99. The van der Waals surface area contributed by atoms with Crippen LogP contribution in [0.15, 0.2) is 28.1 Å². The molecule has 3 nitrogen and oxygen atoms in total. The van der Waals surface area contributed by atoms with Crippen molar-refractivity contribution in [1.82, 2.24) is 10.2 Å². The number of rotatable bonds is 5. The number of nitrogens with zero attached hydrogens (tertiary/aromatic N) is 2. The quantitative estimate of drug-likeness (QED) is 0.868. The number of nitrogens with two attached hydrogens (primary N) is 1. The minimum absolute atomic E-state index is 0.437. The summed E-state index contributed by atoms with van der Waals surface area (Å²) < 4.78 is 0. The summed E-state index contributed by atoms with van der Waals surface area (Å²) >= 11 is 13.7. The molecular formula is C15H17Cl2N3S. The average Bonchev–Trinajstić information content (AvgIpc) is 2.50. The van der Waals surface area contributed by atoms with Crippen molar-refractivity contribution in [3.8, 4) is 0 Å². The fraction of sp³-hybridized carbons (Fsp3) is 0.333. The van der Waals surface area contributed by atoms with Gasteiger partial charge in [-0.25, -0.2) is 0 Å². The van der Waals surface area contributed by atoms with Gasteiger partial charge in [0, 0.05) is 22.0 Å². The maximum Gasteiger partial charge on any atom is 0.128 e. The third-order valence-electron chi connectivity index (χ3n) is 3.22. The zero-order valence-electron chi connectivity index (χ0n) is 12.0. The first-order valence-electron chi connectivity index (χ1n) is 6.80. The van der Waals surface area contributed by atoms with E-state index in [9.17, 15) is 0 Å². The Morgan fingerprint density at radius 1 is 1.10 bits per heavy atom. The van der Waals surface area contributed by atoms with Gasteiger partial charge in [-0.05, 0) is 36.6 Å². The van der Waals surface area contributed by atoms with Crippen molar-refractivity contribution in [2.45, 2.75) is 43.2 Å². The molecule has 112 valence electrons. The normalized spacial score (nSPS) is 10.9. The van der Waals surface area contributed by atoms with E-state index in [0.717, 1.165) is 34.0 Å². The van der Waals surface area contributed by atoms with Gasteiger partial charge in [-0.2, -0.15) is 5.10 Å². The van der Waals surface area contributed by atoms with Gasteiger partial charge in [0.1, 0.15) is 5.03 Å². The summed E-state index contributed by atoms with van der Waals surface area (Å²) in [5.74, 6) is 0. The molecule has 0 aliphatic heterocycles. The highest BCUT2D eigenvalue weighted by Gasteiger charge is 2.15. The van der Waals surface area contributed by atoms with E-state index >= 15 is 0 Å². The number of hydrogen-bond donors (Lipinski definition) is 1. The first-order valence-corrected chi connectivity index (χ1v) is 8.38. The summed E-state index contributed by atoms with van der Waals surface area (Å²) in [6, 6.07) is 5.37. The zero-order chi connectivity index (χ0) is 15.4. The van der Waals surface area contributed by atoms with Gasteiger partial charge in [0.05, 0.1) is 10.7 Å². The molecule has 0 fully saturated rings. The van der Waals surface area contributed by atoms with Crippen LogP contribution in [0.1, 0.15) is 30.7 Å². The molecule has 0 unspecified atom stereocenters. The first kappa shape index (κ1) is 16.6. The van der Waals surface area contributed by atoms with Crippen LogP contribution in [0, 0.1) is 0 Å².